The van der Waals surface area contributed by atoms with Gasteiger partial charge >= 0.3 is 0 Å². The van der Waals surface area contributed by atoms with E-state index in [2.05, 4.69) is 60.5 Å². The summed E-state index contributed by atoms with van der Waals surface area (Å²) in [5.41, 5.74) is 5.46. The van der Waals surface area contributed by atoms with E-state index in [0.717, 1.165) is 18.7 Å². The lowest BCUT2D eigenvalue weighted by Gasteiger charge is -2.14. The summed E-state index contributed by atoms with van der Waals surface area (Å²) in [5.74, 6) is 0. The van der Waals surface area contributed by atoms with E-state index in [0.29, 0.717) is 0 Å². The zero-order valence-corrected chi connectivity index (χ0v) is 11.9. The van der Waals surface area contributed by atoms with E-state index in [1.54, 1.807) is 11.3 Å². The molecule has 0 amide bonds. The molecule has 0 fully saturated rings. The van der Waals surface area contributed by atoms with Crippen molar-refractivity contribution in [2.75, 3.05) is 30.9 Å². The van der Waals surface area contributed by atoms with Crippen LogP contribution in [0.3, 0.4) is 0 Å². The second-order valence-electron chi connectivity index (χ2n) is 4.48. The fourth-order valence-corrected chi connectivity index (χ4v) is 2.56. The first kappa shape index (κ1) is 12.9. The molecular formula is C14H19N3S. The Morgan fingerprint density at radius 1 is 1.33 bits per heavy atom. The molecule has 0 atom stereocenters. The number of thiazole rings is 1. The monoisotopic (exact) mass is 261 g/mol. The number of benzene rings is 1. The third-order valence-electron chi connectivity index (χ3n) is 2.89. The van der Waals surface area contributed by atoms with Crippen LogP contribution in [0.15, 0.2) is 29.8 Å². The molecule has 2 aromatic rings. The first-order valence-corrected chi connectivity index (χ1v) is 6.95. The molecule has 1 N–H and O–H groups in total. The number of nitrogens with zero attached hydrogens (tertiary/aromatic N) is 2. The maximum Gasteiger partial charge on any atom is 0.0797 e. The lowest BCUT2D eigenvalue weighted by molar-refractivity contribution is 1.02. The Morgan fingerprint density at radius 2 is 2.17 bits per heavy atom. The minimum absolute atomic E-state index is 0.944. The molecule has 1 heterocycles. The lowest BCUT2D eigenvalue weighted by Crippen LogP contribution is -2.10. The number of hydrogen-bond donors (Lipinski definition) is 1. The van der Waals surface area contributed by atoms with Gasteiger partial charge in [-0.1, -0.05) is 6.07 Å². The van der Waals surface area contributed by atoms with Crippen LogP contribution in [0, 0.1) is 6.92 Å². The Kier molecular flexibility index (Phi) is 4.20. The van der Waals surface area contributed by atoms with Gasteiger partial charge in [-0.2, -0.15) is 0 Å². The molecule has 0 unspecified atom stereocenters. The quantitative estimate of drug-likeness (QED) is 0.896. The highest BCUT2D eigenvalue weighted by Crippen LogP contribution is 2.18. The molecule has 0 aliphatic rings. The Bertz CT molecular complexity index is 505. The summed E-state index contributed by atoms with van der Waals surface area (Å²) < 4.78 is 0. The molecule has 0 spiro atoms. The molecule has 0 saturated heterocycles. The van der Waals surface area contributed by atoms with E-state index >= 15 is 0 Å². The van der Waals surface area contributed by atoms with Crippen LogP contribution in [0.25, 0.3) is 0 Å². The summed E-state index contributed by atoms with van der Waals surface area (Å²) in [6.07, 6.45) is 1.03. The highest BCUT2D eigenvalue weighted by atomic mass is 32.1. The zero-order valence-electron chi connectivity index (χ0n) is 11.1. The van der Waals surface area contributed by atoms with Crippen LogP contribution in [0.5, 0.6) is 0 Å². The number of nitrogens with one attached hydrogen (secondary N) is 1. The van der Waals surface area contributed by atoms with Crippen molar-refractivity contribution in [2.45, 2.75) is 13.3 Å². The van der Waals surface area contributed by atoms with Crippen molar-refractivity contribution < 1.29 is 0 Å². The molecular weight excluding hydrogens is 242 g/mol. The Balaban J connectivity index is 1.90. The Morgan fingerprint density at radius 3 is 2.83 bits per heavy atom. The number of hydrogen-bond acceptors (Lipinski definition) is 4. The second-order valence-corrected chi connectivity index (χ2v) is 5.42. The van der Waals surface area contributed by atoms with Gasteiger partial charge in [-0.15, -0.1) is 11.3 Å². The molecule has 0 aliphatic carbocycles. The standard InChI is InChI=1S/C14H19N3S/c1-11-14(18-10-16-11)7-8-15-12-5-4-6-13(9-12)17(2)3/h4-6,9-10,15H,7-8H2,1-3H3. The van der Waals surface area contributed by atoms with Crippen LogP contribution in [0.4, 0.5) is 11.4 Å². The molecule has 4 heteroatoms. The smallest absolute Gasteiger partial charge is 0.0797 e. The van der Waals surface area contributed by atoms with Crippen molar-refractivity contribution in [1.82, 2.24) is 4.98 Å². The van der Waals surface area contributed by atoms with Crippen LogP contribution in [0.1, 0.15) is 10.6 Å². The van der Waals surface area contributed by atoms with Crippen LogP contribution in [-0.4, -0.2) is 25.6 Å². The fraction of sp³-hybridized carbons (Fsp3) is 0.357. The van der Waals surface area contributed by atoms with Gasteiger partial charge in [-0.05, 0) is 25.1 Å². The minimum Gasteiger partial charge on any atom is -0.385 e. The van der Waals surface area contributed by atoms with Crippen LogP contribution < -0.4 is 10.2 Å². The number of rotatable bonds is 5. The second kappa shape index (κ2) is 5.87. The normalized spacial score (nSPS) is 10.4. The molecule has 2 rings (SSSR count). The number of aromatic nitrogens is 1. The van der Waals surface area contributed by atoms with Crippen molar-refractivity contribution in [3.05, 3.63) is 40.3 Å². The predicted molar refractivity (Wildman–Crippen MR) is 79.8 cm³/mol. The molecule has 0 bridgehead atoms. The lowest BCUT2D eigenvalue weighted by atomic mass is 10.2. The third kappa shape index (κ3) is 3.23. The summed E-state index contributed by atoms with van der Waals surface area (Å²) in [4.78, 5) is 7.74. The van der Waals surface area contributed by atoms with Gasteiger partial charge in [0.25, 0.3) is 0 Å². The largest absolute Gasteiger partial charge is 0.385 e. The van der Waals surface area contributed by atoms with Crippen molar-refractivity contribution in [3.63, 3.8) is 0 Å². The summed E-state index contributed by atoms with van der Waals surface area (Å²) in [6.45, 7) is 3.01. The van der Waals surface area contributed by atoms with E-state index in [1.165, 1.54) is 16.3 Å². The highest BCUT2D eigenvalue weighted by Gasteiger charge is 2.01. The van der Waals surface area contributed by atoms with E-state index in [4.69, 9.17) is 0 Å². The molecule has 0 aliphatic heterocycles. The van der Waals surface area contributed by atoms with Crippen molar-refractivity contribution in [2.24, 2.45) is 0 Å². The van der Waals surface area contributed by atoms with Gasteiger partial charge in [0.2, 0.25) is 0 Å². The van der Waals surface area contributed by atoms with Crippen molar-refractivity contribution >= 4 is 22.7 Å². The molecule has 3 nitrogen and oxygen atoms in total. The zero-order chi connectivity index (χ0) is 13.0. The summed E-state index contributed by atoms with van der Waals surface area (Å²) >= 11 is 1.73. The molecule has 0 radical (unpaired) electrons. The minimum atomic E-state index is 0.944. The molecule has 18 heavy (non-hydrogen) atoms. The molecule has 96 valence electrons. The third-order valence-corrected chi connectivity index (χ3v) is 3.88. The van der Waals surface area contributed by atoms with E-state index in [1.807, 2.05) is 5.51 Å². The number of aryl methyl sites for hydroxylation is 1. The van der Waals surface area contributed by atoms with E-state index in [-0.39, 0.29) is 0 Å². The van der Waals surface area contributed by atoms with Gasteiger partial charge in [0, 0.05) is 43.3 Å². The van der Waals surface area contributed by atoms with Crippen LogP contribution in [0.2, 0.25) is 0 Å². The molecule has 0 saturated carbocycles. The average molecular weight is 261 g/mol. The summed E-state index contributed by atoms with van der Waals surface area (Å²) in [5, 5.41) is 3.46. The topological polar surface area (TPSA) is 28.2 Å². The summed E-state index contributed by atoms with van der Waals surface area (Å²) in [7, 11) is 4.11. The molecule has 1 aromatic heterocycles. The van der Waals surface area contributed by atoms with E-state index < -0.39 is 0 Å². The van der Waals surface area contributed by atoms with Gasteiger partial charge in [0.05, 0.1) is 11.2 Å². The van der Waals surface area contributed by atoms with Gasteiger partial charge in [-0.25, -0.2) is 4.98 Å². The SMILES string of the molecule is Cc1ncsc1CCNc1cccc(N(C)C)c1. The van der Waals surface area contributed by atoms with Gasteiger partial charge in [0.1, 0.15) is 0 Å². The Labute approximate surface area is 112 Å². The first-order chi connectivity index (χ1) is 8.66. The van der Waals surface area contributed by atoms with Crippen LogP contribution >= 0.6 is 11.3 Å². The molecule has 1 aromatic carbocycles. The highest BCUT2D eigenvalue weighted by molar-refractivity contribution is 7.09. The maximum atomic E-state index is 4.26. The average Bonchev–Trinajstić information content (AvgIpc) is 2.76. The Hall–Kier alpha value is -1.55. The number of anilines is 2. The van der Waals surface area contributed by atoms with Crippen LogP contribution in [-0.2, 0) is 6.42 Å². The summed E-state index contributed by atoms with van der Waals surface area (Å²) in [6, 6.07) is 8.46. The van der Waals surface area contributed by atoms with Gasteiger partial charge < -0.3 is 10.2 Å². The van der Waals surface area contributed by atoms with Crippen molar-refractivity contribution in [3.8, 4) is 0 Å². The predicted octanol–water partition coefficient (Wildman–Crippen LogP) is 3.17. The van der Waals surface area contributed by atoms with Crippen molar-refractivity contribution in [1.29, 1.82) is 0 Å². The van der Waals surface area contributed by atoms with E-state index in [9.17, 15) is 0 Å². The fourth-order valence-electron chi connectivity index (χ4n) is 1.78. The van der Waals surface area contributed by atoms with Gasteiger partial charge in [0.15, 0.2) is 0 Å². The van der Waals surface area contributed by atoms with Gasteiger partial charge in [-0.3, -0.25) is 0 Å². The maximum absolute atomic E-state index is 4.26. The first-order valence-electron chi connectivity index (χ1n) is 6.07.